The fraction of sp³-hybridized carbons (Fsp3) is 0.292. The van der Waals surface area contributed by atoms with Crippen LogP contribution in [0.5, 0.6) is 0 Å². The van der Waals surface area contributed by atoms with Crippen LogP contribution in [0.1, 0.15) is 21.5 Å². The number of aromatic nitrogens is 2. The Bertz CT molecular complexity index is 1040. The summed E-state index contributed by atoms with van der Waals surface area (Å²) in [5.41, 5.74) is 3.90. The van der Waals surface area contributed by atoms with E-state index < -0.39 is 5.97 Å². The first kappa shape index (κ1) is 20.8. The van der Waals surface area contributed by atoms with E-state index in [-0.39, 0.29) is 12.5 Å². The molecule has 1 aliphatic rings. The number of aryl methyl sites for hydroxylation is 1. The topological polar surface area (TPSA) is 73.7 Å². The Kier molecular flexibility index (Phi) is 6.43. The Balaban J connectivity index is 1.54. The Morgan fingerprint density at radius 3 is 2.45 bits per heavy atom. The molecule has 3 aromatic rings. The predicted octanol–water partition coefficient (Wildman–Crippen LogP) is 2.92. The molecule has 160 valence electrons. The lowest BCUT2D eigenvalue weighted by molar-refractivity contribution is -0.138. The van der Waals surface area contributed by atoms with Crippen LogP contribution in [0.2, 0.25) is 0 Å². The van der Waals surface area contributed by atoms with E-state index >= 15 is 0 Å². The summed E-state index contributed by atoms with van der Waals surface area (Å²) in [5.74, 6) is -0.776. The monoisotopic (exact) mass is 419 g/mol. The average molecular weight is 419 g/mol. The molecule has 0 N–H and O–H groups in total. The van der Waals surface area contributed by atoms with Crippen molar-refractivity contribution < 1.29 is 19.1 Å². The van der Waals surface area contributed by atoms with Crippen LogP contribution in [0, 0.1) is 6.92 Å². The molecule has 0 bridgehead atoms. The lowest BCUT2D eigenvalue weighted by Gasteiger charge is -2.26. The highest BCUT2D eigenvalue weighted by Gasteiger charge is 2.23. The third-order valence-electron chi connectivity index (χ3n) is 5.18. The Morgan fingerprint density at radius 2 is 1.74 bits per heavy atom. The molecule has 7 heteroatoms. The van der Waals surface area contributed by atoms with E-state index in [1.54, 1.807) is 15.8 Å². The van der Waals surface area contributed by atoms with Crippen molar-refractivity contribution in [1.82, 2.24) is 14.7 Å². The van der Waals surface area contributed by atoms with Crippen LogP contribution in [0.25, 0.3) is 11.3 Å². The molecule has 1 saturated heterocycles. The molecular weight excluding hydrogens is 394 g/mol. The third-order valence-corrected chi connectivity index (χ3v) is 5.18. The highest BCUT2D eigenvalue weighted by atomic mass is 16.5. The van der Waals surface area contributed by atoms with Crippen molar-refractivity contribution in [3.8, 4) is 11.3 Å². The first-order chi connectivity index (χ1) is 15.1. The maximum Gasteiger partial charge on any atom is 0.342 e. The van der Waals surface area contributed by atoms with E-state index in [1.165, 1.54) is 0 Å². The molecule has 4 rings (SSSR count). The van der Waals surface area contributed by atoms with Crippen LogP contribution in [-0.2, 0) is 20.8 Å². The van der Waals surface area contributed by atoms with E-state index in [9.17, 15) is 9.59 Å². The minimum atomic E-state index is -0.559. The number of carbonyl (C=O) groups excluding carboxylic acids is 2. The molecule has 2 heterocycles. The maximum atomic E-state index is 12.9. The molecular formula is C24H25N3O4. The zero-order chi connectivity index (χ0) is 21.6. The van der Waals surface area contributed by atoms with Crippen molar-refractivity contribution in [3.63, 3.8) is 0 Å². The van der Waals surface area contributed by atoms with Gasteiger partial charge in [-0.15, -0.1) is 0 Å². The normalized spacial score (nSPS) is 13.8. The minimum Gasteiger partial charge on any atom is -0.452 e. The lowest BCUT2D eigenvalue weighted by Crippen LogP contribution is -2.42. The van der Waals surface area contributed by atoms with E-state index in [1.807, 2.05) is 61.5 Å². The van der Waals surface area contributed by atoms with Crippen molar-refractivity contribution in [2.24, 2.45) is 0 Å². The summed E-state index contributed by atoms with van der Waals surface area (Å²) < 4.78 is 12.4. The molecule has 1 fully saturated rings. The van der Waals surface area contributed by atoms with Crippen molar-refractivity contribution in [2.75, 3.05) is 32.9 Å². The molecule has 1 amide bonds. The van der Waals surface area contributed by atoms with Gasteiger partial charge in [0.25, 0.3) is 5.91 Å². The van der Waals surface area contributed by atoms with Gasteiger partial charge in [-0.3, -0.25) is 9.48 Å². The number of ether oxygens (including phenoxy) is 2. The van der Waals surface area contributed by atoms with Crippen molar-refractivity contribution in [2.45, 2.75) is 13.5 Å². The molecule has 0 radical (unpaired) electrons. The Morgan fingerprint density at radius 1 is 1.03 bits per heavy atom. The largest absolute Gasteiger partial charge is 0.452 e. The number of esters is 1. The molecule has 2 aromatic carbocycles. The van der Waals surface area contributed by atoms with Gasteiger partial charge in [0, 0.05) is 24.8 Å². The number of nitrogens with zero attached hydrogens (tertiary/aromatic N) is 3. The van der Waals surface area contributed by atoms with Crippen LogP contribution in [0.4, 0.5) is 0 Å². The van der Waals surface area contributed by atoms with Gasteiger partial charge in [-0.2, -0.15) is 5.10 Å². The molecule has 0 saturated carbocycles. The second kappa shape index (κ2) is 9.57. The molecule has 0 atom stereocenters. The lowest BCUT2D eigenvalue weighted by atomic mass is 10.1. The van der Waals surface area contributed by atoms with Gasteiger partial charge in [0.15, 0.2) is 6.61 Å². The van der Waals surface area contributed by atoms with E-state index in [2.05, 4.69) is 5.10 Å². The highest BCUT2D eigenvalue weighted by molar-refractivity contribution is 5.97. The number of hydrogen-bond donors (Lipinski definition) is 0. The summed E-state index contributed by atoms with van der Waals surface area (Å²) in [6, 6.07) is 17.7. The first-order valence-corrected chi connectivity index (χ1v) is 10.3. The smallest absolute Gasteiger partial charge is 0.342 e. The zero-order valence-electron chi connectivity index (χ0n) is 17.5. The fourth-order valence-corrected chi connectivity index (χ4v) is 3.46. The molecule has 0 unspecified atom stereocenters. The molecule has 31 heavy (non-hydrogen) atoms. The molecule has 7 nitrogen and oxygen atoms in total. The van der Waals surface area contributed by atoms with Crippen molar-refractivity contribution in [1.29, 1.82) is 0 Å². The molecule has 0 spiro atoms. The van der Waals surface area contributed by atoms with E-state index in [4.69, 9.17) is 9.47 Å². The highest BCUT2D eigenvalue weighted by Crippen LogP contribution is 2.24. The molecule has 0 aliphatic carbocycles. The maximum absolute atomic E-state index is 12.9. The van der Waals surface area contributed by atoms with Gasteiger partial charge >= 0.3 is 5.97 Å². The fourth-order valence-electron chi connectivity index (χ4n) is 3.46. The van der Waals surface area contributed by atoms with E-state index in [0.717, 1.165) is 16.7 Å². The van der Waals surface area contributed by atoms with Gasteiger partial charge in [-0.1, -0.05) is 60.2 Å². The molecule has 1 aliphatic heterocycles. The third kappa shape index (κ3) is 5.19. The summed E-state index contributed by atoms with van der Waals surface area (Å²) in [7, 11) is 0. The number of morpholine rings is 1. The Hall–Kier alpha value is -3.45. The number of hydrogen-bond acceptors (Lipinski definition) is 5. The average Bonchev–Trinajstić information content (AvgIpc) is 3.23. The predicted molar refractivity (Wildman–Crippen MR) is 116 cm³/mol. The minimum absolute atomic E-state index is 0.217. The summed E-state index contributed by atoms with van der Waals surface area (Å²) in [6.07, 6.45) is 1.68. The Labute approximate surface area is 181 Å². The summed E-state index contributed by atoms with van der Waals surface area (Å²) in [6.45, 7) is 4.27. The van der Waals surface area contributed by atoms with Crippen LogP contribution < -0.4 is 0 Å². The van der Waals surface area contributed by atoms with Gasteiger partial charge in [0.2, 0.25) is 0 Å². The quantitative estimate of drug-likeness (QED) is 0.575. The summed E-state index contributed by atoms with van der Waals surface area (Å²) >= 11 is 0. The van der Waals surface area contributed by atoms with Crippen LogP contribution in [0.15, 0.2) is 60.8 Å². The number of benzene rings is 2. The summed E-state index contributed by atoms with van der Waals surface area (Å²) in [4.78, 5) is 26.9. The van der Waals surface area contributed by atoms with Gasteiger partial charge in [-0.05, 0) is 12.5 Å². The SMILES string of the molecule is Cc1ccc(-c2nn(Cc3ccccc3)cc2C(=O)OCC(=O)N2CCOCC2)cc1. The van der Waals surface area contributed by atoms with Gasteiger partial charge in [0.1, 0.15) is 11.3 Å². The van der Waals surface area contributed by atoms with Gasteiger partial charge in [-0.25, -0.2) is 4.79 Å². The van der Waals surface area contributed by atoms with Crippen molar-refractivity contribution in [3.05, 3.63) is 77.5 Å². The zero-order valence-corrected chi connectivity index (χ0v) is 17.5. The van der Waals surface area contributed by atoms with Crippen LogP contribution in [-0.4, -0.2) is 59.5 Å². The van der Waals surface area contributed by atoms with Crippen LogP contribution >= 0.6 is 0 Å². The van der Waals surface area contributed by atoms with Crippen molar-refractivity contribution >= 4 is 11.9 Å². The number of carbonyl (C=O) groups is 2. The molecule has 1 aromatic heterocycles. The first-order valence-electron chi connectivity index (χ1n) is 10.3. The van der Waals surface area contributed by atoms with Gasteiger partial charge in [0.05, 0.1) is 19.8 Å². The second-order valence-electron chi connectivity index (χ2n) is 7.51. The van der Waals surface area contributed by atoms with E-state index in [0.29, 0.717) is 44.1 Å². The number of rotatable bonds is 6. The second-order valence-corrected chi connectivity index (χ2v) is 7.51. The number of amides is 1. The van der Waals surface area contributed by atoms with Crippen LogP contribution in [0.3, 0.4) is 0 Å². The van der Waals surface area contributed by atoms with Gasteiger partial charge < -0.3 is 14.4 Å². The summed E-state index contributed by atoms with van der Waals surface area (Å²) in [5, 5.41) is 4.65. The standard InChI is InChI=1S/C24H25N3O4/c1-18-7-9-20(10-8-18)23-21(16-27(25-23)15-19-5-3-2-4-6-19)24(29)31-17-22(28)26-11-13-30-14-12-26/h2-10,16H,11-15,17H2,1H3.